The van der Waals surface area contributed by atoms with Crippen LogP contribution in [-0.4, -0.2) is 11.7 Å². The lowest BCUT2D eigenvalue weighted by Gasteiger charge is -2.16. The first-order valence-corrected chi connectivity index (χ1v) is 6.24. The third-order valence-corrected chi connectivity index (χ3v) is 3.13. The van der Waals surface area contributed by atoms with Gasteiger partial charge in [-0.2, -0.15) is 0 Å². The van der Waals surface area contributed by atoms with E-state index in [9.17, 15) is 5.11 Å². The van der Waals surface area contributed by atoms with Gasteiger partial charge in [0.05, 0.1) is 0 Å². The highest BCUT2D eigenvalue weighted by atomic mass is 35.5. The minimum Gasteiger partial charge on any atom is -0.507 e. The second kappa shape index (κ2) is 5.42. The number of rotatable bonds is 4. The van der Waals surface area contributed by atoms with Gasteiger partial charge in [-0.05, 0) is 12.3 Å². The molecule has 0 aliphatic carbocycles. The fourth-order valence-electron chi connectivity index (χ4n) is 2.00. The van der Waals surface area contributed by atoms with Gasteiger partial charge in [0.15, 0.2) is 0 Å². The zero-order valence-corrected chi connectivity index (χ0v) is 11.0. The largest absolute Gasteiger partial charge is 0.507 e. The Bertz CT molecular complexity index is 580. The standard InChI is InChI=1S/C15H16ClNO/c1-10(16)9-17-11(2)13-8-7-12-5-3-4-6-14(12)15(13)18/h3-8,11,17-18H,1,9H2,2H3. The fourth-order valence-corrected chi connectivity index (χ4v) is 2.07. The molecule has 1 atom stereocenters. The minimum absolute atomic E-state index is 0.0186. The van der Waals surface area contributed by atoms with E-state index < -0.39 is 0 Å². The van der Waals surface area contributed by atoms with Crippen LogP contribution in [0, 0.1) is 0 Å². The van der Waals surface area contributed by atoms with E-state index >= 15 is 0 Å². The highest BCUT2D eigenvalue weighted by Gasteiger charge is 2.12. The van der Waals surface area contributed by atoms with Crippen molar-refractivity contribution in [3.63, 3.8) is 0 Å². The Balaban J connectivity index is 2.33. The molecule has 3 heteroatoms. The first-order chi connectivity index (χ1) is 8.59. The Hall–Kier alpha value is -1.51. The zero-order valence-electron chi connectivity index (χ0n) is 10.3. The Kier molecular flexibility index (Phi) is 3.90. The number of hydrogen-bond acceptors (Lipinski definition) is 2. The molecule has 0 spiro atoms. The fraction of sp³-hybridized carbons (Fsp3) is 0.200. The van der Waals surface area contributed by atoms with Crippen LogP contribution in [0.1, 0.15) is 18.5 Å². The summed E-state index contributed by atoms with van der Waals surface area (Å²) in [7, 11) is 0. The van der Waals surface area contributed by atoms with Gasteiger partial charge in [0.2, 0.25) is 0 Å². The van der Waals surface area contributed by atoms with Gasteiger partial charge in [0.1, 0.15) is 5.75 Å². The molecule has 0 aromatic heterocycles. The molecule has 0 radical (unpaired) electrons. The van der Waals surface area contributed by atoms with E-state index in [2.05, 4.69) is 11.9 Å². The van der Waals surface area contributed by atoms with Crippen molar-refractivity contribution < 1.29 is 5.11 Å². The third-order valence-electron chi connectivity index (χ3n) is 3.00. The van der Waals surface area contributed by atoms with Gasteiger partial charge in [0.25, 0.3) is 0 Å². The molecular weight excluding hydrogens is 246 g/mol. The third kappa shape index (κ3) is 2.66. The molecule has 94 valence electrons. The molecule has 0 heterocycles. The highest BCUT2D eigenvalue weighted by molar-refractivity contribution is 6.29. The van der Waals surface area contributed by atoms with E-state index in [0.29, 0.717) is 17.3 Å². The zero-order chi connectivity index (χ0) is 13.1. The predicted molar refractivity (Wildman–Crippen MR) is 77.0 cm³/mol. The lowest BCUT2D eigenvalue weighted by atomic mass is 10.0. The first-order valence-electron chi connectivity index (χ1n) is 5.87. The summed E-state index contributed by atoms with van der Waals surface area (Å²) < 4.78 is 0. The molecule has 2 N–H and O–H groups in total. The summed E-state index contributed by atoms with van der Waals surface area (Å²) in [5, 5.41) is 16.0. The van der Waals surface area contributed by atoms with Crippen LogP contribution in [0.5, 0.6) is 5.75 Å². The maximum atomic E-state index is 10.3. The second-order valence-corrected chi connectivity index (χ2v) is 4.88. The second-order valence-electron chi connectivity index (χ2n) is 4.34. The summed E-state index contributed by atoms with van der Waals surface area (Å²) in [5.74, 6) is 0.327. The van der Waals surface area contributed by atoms with Crippen LogP contribution in [0.3, 0.4) is 0 Å². The van der Waals surface area contributed by atoms with Crippen molar-refractivity contribution in [1.82, 2.24) is 5.32 Å². The summed E-state index contributed by atoms with van der Waals surface area (Å²) in [5.41, 5.74) is 0.867. The molecule has 2 rings (SSSR count). The summed E-state index contributed by atoms with van der Waals surface area (Å²) in [6.07, 6.45) is 0. The monoisotopic (exact) mass is 261 g/mol. The Morgan fingerprint density at radius 3 is 2.78 bits per heavy atom. The molecule has 0 aliphatic rings. The van der Waals surface area contributed by atoms with Crippen LogP contribution < -0.4 is 5.32 Å². The summed E-state index contributed by atoms with van der Waals surface area (Å²) in [4.78, 5) is 0. The van der Waals surface area contributed by atoms with Crippen LogP contribution in [0.15, 0.2) is 48.0 Å². The molecular formula is C15H16ClNO. The van der Waals surface area contributed by atoms with Gasteiger partial charge in [-0.3, -0.25) is 0 Å². The molecule has 2 nitrogen and oxygen atoms in total. The number of hydrogen-bond donors (Lipinski definition) is 2. The average Bonchev–Trinajstić information content (AvgIpc) is 2.37. The van der Waals surface area contributed by atoms with E-state index in [0.717, 1.165) is 16.3 Å². The van der Waals surface area contributed by atoms with Gasteiger partial charge in [0, 0.05) is 28.6 Å². The minimum atomic E-state index is 0.0186. The first kappa shape index (κ1) is 12.9. The number of aromatic hydroxyl groups is 1. The number of phenolic OH excluding ortho intramolecular Hbond substituents is 1. The quantitative estimate of drug-likeness (QED) is 0.874. The number of phenols is 1. The molecule has 18 heavy (non-hydrogen) atoms. The molecule has 0 saturated heterocycles. The maximum Gasteiger partial charge on any atom is 0.128 e. The number of nitrogens with one attached hydrogen (secondary N) is 1. The summed E-state index contributed by atoms with van der Waals surface area (Å²) >= 11 is 5.72. The van der Waals surface area contributed by atoms with Gasteiger partial charge in [-0.25, -0.2) is 0 Å². The Labute approximate surface area is 112 Å². The van der Waals surface area contributed by atoms with E-state index in [1.807, 2.05) is 43.3 Å². The average molecular weight is 262 g/mol. The van der Waals surface area contributed by atoms with Crippen LogP contribution in [0.4, 0.5) is 0 Å². The Morgan fingerprint density at radius 1 is 1.33 bits per heavy atom. The van der Waals surface area contributed by atoms with Gasteiger partial charge < -0.3 is 10.4 Å². The van der Waals surface area contributed by atoms with Crippen molar-refractivity contribution in [3.05, 3.63) is 53.6 Å². The van der Waals surface area contributed by atoms with Crippen molar-refractivity contribution in [1.29, 1.82) is 0 Å². The maximum absolute atomic E-state index is 10.3. The van der Waals surface area contributed by atoms with Crippen molar-refractivity contribution in [2.75, 3.05) is 6.54 Å². The van der Waals surface area contributed by atoms with Crippen LogP contribution in [0.25, 0.3) is 10.8 Å². The lowest BCUT2D eigenvalue weighted by Crippen LogP contribution is -2.19. The summed E-state index contributed by atoms with van der Waals surface area (Å²) in [6, 6.07) is 11.7. The van der Waals surface area contributed by atoms with Gasteiger partial charge in [-0.1, -0.05) is 54.6 Å². The van der Waals surface area contributed by atoms with Crippen molar-refractivity contribution in [2.24, 2.45) is 0 Å². The van der Waals surface area contributed by atoms with Gasteiger partial charge in [-0.15, -0.1) is 0 Å². The van der Waals surface area contributed by atoms with E-state index in [1.54, 1.807) is 0 Å². The SMILES string of the molecule is C=C(Cl)CNC(C)c1ccc2ccccc2c1O. The number of halogens is 1. The van der Waals surface area contributed by atoms with Crippen molar-refractivity contribution in [3.8, 4) is 5.75 Å². The van der Waals surface area contributed by atoms with Crippen LogP contribution in [0.2, 0.25) is 0 Å². The lowest BCUT2D eigenvalue weighted by molar-refractivity contribution is 0.462. The van der Waals surface area contributed by atoms with Crippen LogP contribution >= 0.6 is 11.6 Å². The van der Waals surface area contributed by atoms with Crippen LogP contribution in [-0.2, 0) is 0 Å². The number of benzene rings is 2. The Morgan fingerprint density at radius 2 is 2.06 bits per heavy atom. The molecule has 1 unspecified atom stereocenters. The van der Waals surface area contributed by atoms with Crippen molar-refractivity contribution in [2.45, 2.75) is 13.0 Å². The van der Waals surface area contributed by atoms with Crippen molar-refractivity contribution >= 4 is 22.4 Å². The van der Waals surface area contributed by atoms with Gasteiger partial charge >= 0.3 is 0 Å². The molecule has 2 aromatic carbocycles. The summed E-state index contributed by atoms with van der Waals surface area (Å²) in [6.45, 7) is 6.15. The molecule has 0 fully saturated rings. The topological polar surface area (TPSA) is 32.3 Å². The van der Waals surface area contributed by atoms with E-state index in [4.69, 9.17) is 11.6 Å². The smallest absolute Gasteiger partial charge is 0.128 e. The highest BCUT2D eigenvalue weighted by Crippen LogP contribution is 2.32. The molecule has 0 amide bonds. The predicted octanol–water partition coefficient (Wildman–Crippen LogP) is 3.95. The van der Waals surface area contributed by atoms with E-state index in [-0.39, 0.29) is 6.04 Å². The molecule has 2 aromatic rings. The van der Waals surface area contributed by atoms with E-state index in [1.165, 1.54) is 0 Å². The molecule has 0 bridgehead atoms. The number of fused-ring (bicyclic) bond motifs is 1. The molecule has 0 aliphatic heterocycles. The molecule has 0 saturated carbocycles. The normalized spacial score (nSPS) is 12.6.